The van der Waals surface area contributed by atoms with Crippen molar-refractivity contribution in [1.29, 1.82) is 0 Å². The van der Waals surface area contributed by atoms with E-state index in [1.54, 1.807) is 0 Å². The second kappa shape index (κ2) is 5.54. The van der Waals surface area contributed by atoms with Crippen LogP contribution in [0.15, 0.2) is 18.2 Å². The molecule has 3 rings (SSSR count). The molecule has 1 aliphatic carbocycles. The fourth-order valence-corrected chi connectivity index (χ4v) is 3.39. The van der Waals surface area contributed by atoms with E-state index < -0.39 is 0 Å². The lowest BCUT2D eigenvalue weighted by atomic mass is 9.77. The van der Waals surface area contributed by atoms with Gasteiger partial charge >= 0.3 is 0 Å². The zero-order valence-corrected chi connectivity index (χ0v) is 12.2. The molecule has 3 unspecified atom stereocenters. The highest BCUT2D eigenvalue weighted by Crippen LogP contribution is 2.32. The lowest BCUT2D eigenvalue weighted by molar-refractivity contribution is -0.121. The molecule has 20 heavy (non-hydrogen) atoms. The lowest BCUT2D eigenvalue weighted by Gasteiger charge is -2.31. The molecular formula is C16H23N3O. The van der Waals surface area contributed by atoms with Crippen LogP contribution in [-0.2, 0) is 4.79 Å². The molecule has 1 aromatic rings. The topological polar surface area (TPSA) is 53.2 Å². The van der Waals surface area contributed by atoms with Crippen LogP contribution in [0.25, 0.3) is 0 Å². The van der Waals surface area contributed by atoms with Crippen molar-refractivity contribution in [2.45, 2.75) is 39.2 Å². The Morgan fingerprint density at radius 1 is 1.25 bits per heavy atom. The predicted molar refractivity (Wildman–Crippen MR) is 80.3 cm³/mol. The number of carbonyl (C=O) groups excluding carboxylic acids is 1. The first-order valence-corrected chi connectivity index (χ1v) is 7.51. The van der Waals surface area contributed by atoms with Gasteiger partial charge in [0.25, 0.3) is 0 Å². The maximum absolute atomic E-state index is 12.5. The van der Waals surface area contributed by atoms with Crippen LogP contribution in [0.2, 0.25) is 0 Å². The zero-order chi connectivity index (χ0) is 14.1. The van der Waals surface area contributed by atoms with E-state index >= 15 is 0 Å². The number of hydrogen-bond acceptors (Lipinski definition) is 3. The van der Waals surface area contributed by atoms with Gasteiger partial charge in [-0.25, -0.2) is 0 Å². The summed E-state index contributed by atoms with van der Waals surface area (Å²) in [5.41, 5.74) is 9.86. The number of rotatable bonds is 2. The van der Waals surface area contributed by atoms with Crippen LogP contribution in [0.5, 0.6) is 0 Å². The van der Waals surface area contributed by atoms with Gasteiger partial charge in [0.2, 0.25) is 5.91 Å². The summed E-state index contributed by atoms with van der Waals surface area (Å²) in [5, 5.41) is 3.09. The molecule has 3 N–H and O–H groups in total. The Morgan fingerprint density at radius 2 is 2.10 bits per heavy atom. The smallest absolute Gasteiger partial charge is 0.229 e. The molecule has 108 valence electrons. The van der Waals surface area contributed by atoms with Crippen molar-refractivity contribution in [3.8, 4) is 0 Å². The summed E-state index contributed by atoms with van der Waals surface area (Å²) in [6.07, 6.45) is 3.35. The minimum atomic E-state index is 0.0744. The summed E-state index contributed by atoms with van der Waals surface area (Å²) in [6, 6.07) is 6.38. The average molecular weight is 273 g/mol. The van der Waals surface area contributed by atoms with E-state index in [1.807, 2.05) is 12.1 Å². The standard InChI is InChI=1S/C16H23N3O/c1-10-6-7-13(8-11(10)2)18-16(20)14-5-3-4-12-9-17-19-15(12)14/h6-8,12,14-15,17,19H,3-5,9H2,1-2H3,(H,18,20). The van der Waals surface area contributed by atoms with Crippen molar-refractivity contribution in [3.63, 3.8) is 0 Å². The number of fused-ring (bicyclic) bond motifs is 1. The van der Waals surface area contributed by atoms with Crippen molar-refractivity contribution in [3.05, 3.63) is 29.3 Å². The fourth-order valence-electron chi connectivity index (χ4n) is 3.39. The highest BCUT2D eigenvalue weighted by molar-refractivity contribution is 5.93. The third kappa shape index (κ3) is 2.58. The monoisotopic (exact) mass is 273 g/mol. The quantitative estimate of drug-likeness (QED) is 0.774. The number of hydrazine groups is 1. The highest BCUT2D eigenvalue weighted by Gasteiger charge is 2.40. The van der Waals surface area contributed by atoms with Crippen LogP contribution in [0.3, 0.4) is 0 Å². The van der Waals surface area contributed by atoms with Crippen molar-refractivity contribution in [2.24, 2.45) is 11.8 Å². The van der Waals surface area contributed by atoms with Gasteiger partial charge < -0.3 is 5.32 Å². The summed E-state index contributed by atoms with van der Waals surface area (Å²) in [4.78, 5) is 12.5. The van der Waals surface area contributed by atoms with E-state index in [4.69, 9.17) is 0 Å². The number of nitrogens with one attached hydrogen (secondary N) is 3. The first-order valence-electron chi connectivity index (χ1n) is 7.51. The van der Waals surface area contributed by atoms with E-state index in [-0.39, 0.29) is 17.9 Å². The third-order valence-electron chi connectivity index (χ3n) is 4.78. The second-order valence-electron chi connectivity index (χ2n) is 6.14. The molecule has 0 spiro atoms. The van der Waals surface area contributed by atoms with Gasteiger partial charge in [-0.15, -0.1) is 0 Å². The van der Waals surface area contributed by atoms with Crippen molar-refractivity contribution >= 4 is 11.6 Å². The third-order valence-corrected chi connectivity index (χ3v) is 4.78. The summed E-state index contributed by atoms with van der Waals surface area (Å²) < 4.78 is 0. The van der Waals surface area contributed by atoms with Gasteiger partial charge in [-0.1, -0.05) is 12.5 Å². The van der Waals surface area contributed by atoms with Gasteiger partial charge in [-0.2, -0.15) is 0 Å². The molecule has 2 aliphatic rings. The fraction of sp³-hybridized carbons (Fsp3) is 0.562. The minimum Gasteiger partial charge on any atom is -0.326 e. The zero-order valence-electron chi connectivity index (χ0n) is 12.2. The van der Waals surface area contributed by atoms with Gasteiger partial charge in [0.1, 0.15) is 0 Å². The van der Waals surface area contributed by atoms with Crippen LogP contribution in [0, 0.1) is 25.7 Å². The molecule has 0 bridgehead atoms. The van der Waals surface area contributed by atoms with Crippen LogP contribution in [0.1, 0.15) is 30.4 Å². The lowest BCUT2D eigenvalue weighted by Crippen LogP contribution is -2.45. The maximum Gasteiger partial charge on any atom is 0.229 e. The molecule has 1 saturated carbocycles. The van der Waals surface area contributed by atoms with Gasteiger partial charge in [-0.3, -0.25) is 15.6 Å². The van der Waals surface area contributed by atoms with Gasteiger partial charge in [0, 0.05) is 18.3 Å². The molecule has 1 heterocycles. The van der Waals surface area contributed by atoms with E-state index in [0.29, 0.717) is 5.92 Å². The number of anilines is 1. The molecule has 1 amide bonds. The van der Waals surface area contributed by atoms with Crippen molar-refractivity contribution in [2.75, 3.05) is 11.9 Å². The van der Waals surface area contributed by atoms with Gasteiger partial charge in [0.05, 0.1) is 5.92 Å². The highest BCUT2D eigenvalue weighted by atomic mass is 16.2. The maximum atomic E-state index is 12.5. The SMILES string of the molecule is Cc1ccc(NC(=O)C2CCCC3CNNC32)cc1C. The van der Waals surface area contributed by atoms with Crippen LogP contribution < -0.4 is 16.2 Å². The molecule has 3 atom stereocenters. The summed E-state index contributed by atoms with van der Waals surface area (Å²) in [7, 11) is 0. The van der Waals surface area contributed by atoms with Crippen LogP contribution in [-0.4, -0.2) is 18.5 Å². The van der Waals surface area contributed by atoms with E-state index in [9.17, 15) is 4.79 Å². The summed E-state index contributed by atoms with van der Waals surface area (Å²) in [6.45, 7) is 5.14. The largest absolute Gasteiger partial charge is 0.326 e. The summed E-state index contributed by atoms with van der Waals surface area (Å²) >= 11 is 0. The Bertz CT molecular complexity index is 514. The number of benzene rings is 1. The van der Waals surface area contributed by atoms with Crippen LogP contribution in [0.4, 0.5) is 5.69 Å². The van der Waals surface area contributed by atoms with Crippen LogP contribution >= 0.6 is 0 Å². The minimum absolute atomic E-state index is 0.0744. The Morgan fingerprint density at radius 3 is 2.90 bits per heavy atom. The summed E-state index contributed by atoms with van der Waals surface area (Å²) in [5.74, 6) is 0.823. The van der Waals surface area contributed by atoms with E-state index in [0.717, 1.165) is 25.1 Å². The molecule has 1 aromatic carbocycles. The molecule has 2 fully saturated rings. The molecule has 4 heteroatoms. The second-order valence-corrected chi connectivity index (χ2v) is 6.14. The van der Waals surface area contributed by atoms with E-state index in [1.165, 1.54) is 17.5 Å². The molecule has 0 radical (unpaired) electrons. The molecular weight excluding hydrogens is 250 g/mol. The Balaban J connectivity index is 1.70. The van der Waals surface area contributed by atoms with Gasteiger partial charge in [-0.05, 0) is 55.9 Å². The van der Waals surface area contributed by atoms with Gasteiger partial charge in [0.15, 0.2) is 0 Å². The first kappa shape index (κ1) is 13.6. The normalized spacial score (nSPS) is 29.0. The predicted octanol–water partition coefficient (Wildman–Crippen LogP) is 2.13. The number of hydrogen-bond donors (Lipinski definition) is 3. The molecule has 1 saturated heterocycles. The molecule has 0 aromatic heterocycles. The molecule has 4 nitrogen and oxygen atoms in total. The Labute approximate surface area is 120 Å². The number of aryl methyl sites for hydroxylation is 2. The van der Waals surface area contributed by atoms with E-state index in [2.05, 4.69) is 36.1 Å². The Hall–Kier alpha value is -1.39. The van der Waals surface area contributed by atoms with Crippen molar-refractivity contribution < 1.29 is 4.79 Å². The van der Waals surface area contributed by atoms with Crippen molar-refractivity contribution in [1.82, 2.24) is 10.9 Å². The number of carbonyl (C=O) groups is 1. The average Bonchev–Trinajstić information content (AvgIpc) is 2.91. The molecule has 1 aliphatic heterocycles. The Kier molecular flexibility index (Phi) is 3.76. The number of amides is 1. The first-order chi connectivity index (χ1) is 9.65.